The van der Waals surface area contributed by atoms with Crippen LogP contribution in [0.5, 0.6) is 0 Å². The van der Waals surface area contributed by atoms with Crippen LogP contribution in [-0.2, 0) is 16.0 Å². The van der Waals surface area contributed by atoms with Crippen molar-refractivity contribution in [2.45, 2.75) is 18.5 Å². The smallest absolute Gasteiger partial charge is 0.327 e. The van der Waals surface area contributed by atoms with Gasteiger partial charge in [0.2, 0.25) is 5.91 Å². The zero-order valence-electron chi connectivity index (χ0n) is 10.9. The Bertz CT molecular complexity index is 524. The number of thioether (sulfide) groups is 1. The molecule has 6 heteroatoms. The van der Waals surface area contributed by atoms with E-state index in [1.54, 1.807) is 11.8 Å². The van der Waals surface area contributed by atoms with Gasteiger partial charge in [-0.3, -0.25) is 4.79 Å². The Balaban J connectivity index is 1.75. The fourth-order valence-electron chi connectivity index (χ4n) is 2.72. The molecule has 2 aliphatic rings. The number of nitrogens with zero attached hydrogens (tertiary/aromatic N) is 1. The molecule has 0 aromatic heterocycles. The third-order valence-electron chi connectivity index (χ3n) is 3.77. The second kappa shape index (κ2) is 5.36. The monoisotopic (exact) mass is 292 g/mol. The van der Waals surface area contributed by atoms with Crippen molar-refractivity contribution in [1.29, 1.82) is 0 Å². The number of benzene rings is 1. The molecule has 106 valence electrons. The van der Waals surface area contributed by atoms with Gasteiger partial charge >= 0.3 is 5.97 Å². The molecule has 3 rings (SSSR count). The van der Waals surface area contributed by atoms with Gasteiger partial charge in [0.15, 0.2) is 0 Å². The van der Waals surface area contributed by atoms with Crippen molar-refractivity contribution in [3.05, 3.63) is 29.8 Å². The zero-order valence-corrected chi connectivity index (χ0v) is 11.7. The number of rotatable bonds is 2. The number of carbonyl (C=O) groups is 2. The van der Waals surface area contributed by atoms with Crippen molar-refractivity contribution < 1.29 is 14.7 Å². The van der Waals surface area contributed by atoms with Crippen molar-refractivity contribution in [2.24, 2.45) is 0 Å². The lowest BCUT2D eigenvalue weighted by molar-refractivity contribution is -0.149. The highest BCUT2D eigenvalue weighted by Crippen LogP contribution is 2.27. The van der Waals surface area contributed by atoms with E-state index in [0.717, 1.165) is 17.0 Å². The Kier molecular flexibility index (Phi) is 3.56. The van der Waals surface area contributed by atoms with Gasteiger partial charge in [-0.2, -0.15) is 11.8 Å². The van der Waals surface area contributed by atoms with Crippen molar-refractivity contribution >= 4 is 29.3 Å². The van der Waals surface area contributed by atoms with Crippen molar-refractivity contribution in [3.63, 3.8) is 0 Å². The van der Waals surface area contributed by atoms with E-state index >= 15 is 0 Å². The summed E-state index contributed by atoms with van der Waals surface area (Å²) < 4.78 is 0. The van der Waals surface area contributed by atoms with Crippen LogP contribution in [0.3, 0.4) is 0 Å². The number of fused-ring (bicyclic) bond motifs is 1. The summed E-state index contributed by atoms with van der Waals surface area (Å²) >= 11 is 1.59. The summed E-state index contributed by atoms with van der Waals surface area (Å²) in [5, 5.41) is 12.4. The summed E-state index contributed by atoms with van der Waals surface area (Å²) in [6.07, 6.45) is 0.630. The molecule has 0 radical (unpaired) electrons. The molecule has 0 spiro atoms. The Hall–Kier alpha value is -1.69. The largest absolute Gasteiger partial charge is 0.480 e. The molecule has 1 unspecified atom stereocenters. The molecule has 5 nitrogen and oxygen atoms in total. The number of nitrogens with one attached hydrogen (secondary N) is 1. The van der Waals surface area contributed by atoms with E-state index in [2.05, 4.69) is 5.32 Å². The number of carboxylic acid groups (broad SMARTS) is 1. The van der Waals surface area contributed by atoms with E-state index in [4.69, 9.17) is 0 Å². The minimum absolute atomic E-state index is 0.103. The second-order valence-corrected chi connectivity index (χ2v) is 6.17. The average molecular weight is 292 g/mol. The average Bonchev–Trinajstić information content (AvgIpc) is 2.90. The molecule has 1 amide bonds. The molecule has 0 saturated carbocycles. The molecule has 20 heavy (non-hydrogen) atoms. The fraction of sp³-hybridized carbons (Fsp3) is 0.429. The minimum Gasteiger partial charge on any atom is -0.480 e. The van der Waals surface area contributed by atoms with Crippen LogP contribution in [0.15, 0.2) is 24.3 Å². The third kappa shape index (κ3) is 2.35. The van der Waals surface area contributed by atoms with Crippen LogP contribution >= 0.6 is 11.8 Å². The normalized spacial score (nSPS) is 24.9. The predicted molar refractivity (Wildman–Crippen MR) is 78.0 cm³/mol. The van der Waals surface area contributed by atoms with Crippen LogP contribution in [0, 0.1) is 0 Å². The molecular formula is C14H16N2O3S. The Labute approximate surface area is 121 Å². The predicted octanol–water partition coefficient (Wildman–Crippen LogP) is 1.05. The van der Waals surface area contributed by atoms with Crippen LogP contribution in [0.4, 0.5) is 5.69 Å². The molecule has 1 saturated heterocycles. The second-order valence-electron chi connectivity index (χ2n) is 5.02. The summed E-state index contributed by atoms with van der Waals surface area (Å²) in [4.78, 5) is 25.4. The SMILES string of the molecule is O=C(O)C1CSCCN1C(=O)[C@@H]1Cc2ccccc2N1. The highest BCUT2D eigenvalue weighted by Gasteiger charge is 2.37. The fourth-order valence-corrected chi connectivity index (χ4v) is 3.76. The molecule has 1 aromatic carbocycles. The van der Waals surface area contributed by atoms with Gasteiger partial charge in [0.1, 0.15) is 12.1 Å². The lowest BCUT2D eigenvalue weighted by Crippen LogP contribution is -2.54. The number of hydrogen-bond acceptors (Lipinski definition) is 4. The number of aliphatic carboxylic acids is 1. The van der Waals surface area contributed by atoms with Crippen LogP contribution in [0.25, 0.3) is 0 Å². The molecule has 2 N–H and O–H groups in total. The molecule has 2 aliphatic heterocycles. The topological polar surface area (TPSA) is 69.6 Å². The number of hydrogen-bond donors (Lipinski definition) is 2. The van der Waals surface area contributed by atoms with Crippen LogP contribution in [0.2, 0.25) is 0 Å². The maximum Gasteiger partial charge on any atom is 0.327 e. The molecule has 1 fully saturated rings. The van der Waals surface area contributed by atoms with E-state index < -0.39 is 12.0 Å². The first-order chi connectivity index (χ1) is 9.66. The van der Waals surface area contributed by atoms with E-state index in [-0.39, 0.29) is 11.9 Å². The lowest BCUT2D eigenvalue weighted by atomic mass is 10.1. The van der Waals surface area contributed by atoms with Crippen molar-refractivity contribution in [2.75, 3.05) is 23.4 Å². The number of carbonyl (C=O) groups excluding carboxylic acids is 1. The van der Waals surface area contributed by atoms with Gasteiger partial charge in [-0.15, -0.1) is 0 Å². The lowest BCUT2D eigenvalue weighted by Gasteiger charge is -2.34. The molecule has 0 aliphatic carbocycles. The summed E-state index contributed by atoms with van der Waals surface area (Å²) in [6, 6.07) is 6.78. The molecular weight excluding hydrogens is 276 g/mol. The van der Waals surface area contributed by atoms with Gasteiger partial charge in [-0.05, 0) is 11.6 Å². The maximum absolute atomic E-state index is 12.6. The highest BCUT2D eigenvalue weighted by molar-refractivity contribution is 7.99. The van der Waals surface area contributed by atoms with E-state index in [9.17, 15) is 14.7 Å². The maximum atomic E-state index is 12.6. The van der Waals surface area contributed by atoms with E-state index in [0.29, 0.717) is 18.7 Å². The molecule has 2 atom stereocenters. The first-order valence-corrected chi connectivity index (χ1v) is 7.78. The highest BCUT2D eigenvalue weighted by atomic mass is 32.2. The summed E-state index contributed by atoms with van der Waals surface area (Å²) in [7, 11) is 0. The third-order valence-corrected chi connectivity index (χ3v) is 4.79. The van der Waals surface area contributed by atoms with Crippen LogP contribution in [-0.4, -0.2) is 52.0 Å². The van der Waals surface area contributed by atoms with Gasteiger partial charge in [0.05, 0.1) is 0 Å². The number of amides is 1. The number of anilines is 1. The summed E-state index contributed by atoms with van der Waals surface area (Å²) in [6.45, 7) is 0.509. The summed E-state index contributed by atoms with van der Waals surface area (Å²) in [5.74, 6) is 0.255. The van der Waals surface area contributed by atoms with Gasteiger partial charge in [-0.25, -0.2) is 4.79 Å². The first kappa shape index (κ1) is 13.3. The van der Waals surface area contributed by atoms with E-state index in [1.807, 2.05) is 24.3 Å². The Morgan fingerprint density at radius 2 is 2.15 bits per heavy atom. The summed E-state index contributed by atoms with van der Waals surface area (Å²) in [5.41, 5.74) is 2.09. The van der Waals surface area contributed by atoms with Crippen LogP contribution in [0.1, 0.15) is 5.56 Å². The van der Waals surface area contributed by atoms with Crippen LogP contribution < -0.4 is 5.32 Å². The number of para-hydroxylation sites is 1. The molecule has 2 heterocycles. The molecule has 0 bridgehead atoms. The van der Waals surface area contributed by atoms with Gasteiger partial charge in [0.25, 0.3) is 0 Å². The Morgan fingerprint density at radius 1 is 1.35 bits per heavy atom. The quantitative estimate of drug-likeness (QED) is 0.853. The first-order valence-electron chi connectivity index (χ1n) is 6.62. The zero-order chi connectivity index (χ0) is 14.1. The van der Waals surface area contributed by atoms with Crippen molar-refractivity contribution in [3.8, 4) is 0 Å². The van der Waals surface area contributed by atoms with Gasteiger partial charge < -0.3 is 15.3 Å². The van der Waals surface area contributed by atoms with Gasteiger partial charge in [0, 0.05) is 30.2 Å². The number of carboxylic acids is 1. The standard InChI is InChI=1S/C14H16N2O3S/c17-13(16-5-6-20-8-12(16)14(18)19)11-7-9-3-1-2-4-10(9)15-11/h1-4,11-12,15H,5-8H2,(H,18,19)/t11-,12?/m0/s1. The van der Waals surface area contributed by atoms with Crippen molar-refractivity contribution in [1.82, 2.24) is 4.90 Å². The van der Waals surface area contributed by atoms with Gasteiger partial charge in [-0.1, -0.05) is 18.2 Å². The van der Waals surface area contributed by atoms with E-state index in [1.165, 1.54) is 4.90 Å². The Morgan fingerprint density at radius 3 is 2.90 bits per heavy atom. The molecule has 1 aromatic rings. The minimum atomic E-state index is -0.916.